The van der Waals surface area contributed by atoms with Crippen molar-refractivity contribution in [3.63, 3.8) is 0 Å². The van der Waals surface area contributed by atoms with Crippen LogP contribution in [0.1, 0.15) is 32.6 Å². The van der Waals surface area contributed by atoms with Crippen molar-refractivity contribution in [1.82, 2.24) is 5.01 Å². The number of unbranched alkanes of at least 4 members (excludes halogenated alkanes) is 3. The highest BCUT2D eigenvalue weighted by Crippen LogP contribution is 2.39. The molecule has 1 saturated heterocycles. The number of hydrogen-bond donors (Lipinski definition) is 0. The average Bonchev–Trinajstić information content (AvgIpc) is 2.81. The van der Waals surface area contributed by atoms with E-state index >= 15 is 0 Å². The van der Waals surface area contributed by atoms with Crippen molar-refractivity contribution in [2.24, 2.45) is 5.92 Å². The number of hydrogen-bond acceptors (Lipinski definition) is 2. The van der Waals surface area contributed by atoms with Gasteiger partial charge in [-0.1, -0.05) is 49.4 Å². The number of halogens is 5. The molecule has 1 aromatic rings. The normalized spacial score (nSPS) is 19.3. The van der Waals surface area contributed by atoms with Crippen LogP contribution >= 0.6 is 23.2 Å². The van der Waals surface area contributed by atoms with Gasteiger partial charge in [0.2, 0.25) is 0 Å². The Hall–Kier alpha value is -0.980. The van der Waals surface area contributed by atoms with Gasteiger partial charge in [0.1, 0.15) is 5.92 Å². The fourth-order valence-corrected chi connectivity index (χ4v) is 3.23. The summed E-state index contributed by atoms with van der Waals surface area (Å²) in [5.74, 6) is -3.03. The van der Waals surface area contributed by atoms with Crippen LogP contribution in [0.5, 0.6) is 0 Å². The van der Waals surface area contributed by atoms with E-state index in [1.165, 1.54) is 23.2 Å². The van der Waals surface area contributed by atoms with Gasteiger partial charge >= 0.3 is 6.18 Å². The van der Waals surface area contributed by atoms with Gasteiger partial charge in [0, 0.05) is 18.1 Å². The molecule has 0 saturated carbocycles. The summed E-state index contributed by atoms with van der Waals surface area (Å²) in [6.07, 6.45) is -0.928. The van der Waals surface area contributed by atoms with Crippen molar-refractivity contribution in [2.75, 3.05) is 18.1 Å². The SMILES string of the molecule is CCCCCCN1CC(C(F)(F)F)C(=O)N1c1ccc(Cl)cc1Cl. The zero-order valence-corrected chi connectivity index (χ0v) is 14.8. The van der Waals surface area contributed by atoms with Gasteiger partial charge in [0.25, 0.3) is 5.91 Å². The van der Waals surface area contributed by atoms with Crippen molar-refractivity contribution >= 4 is 34.8 Å². The Labute approximate surface area is 149 Å². The van der Waals surface area contributed by atoms with Gasteiger partial charge in [0.05, 0.1) is 10.7 Å². The Morgan fingerprint density at radius 3 is 2.50 bits per heavy atom. The second kappa shape index (κ2) is 7.93. The molecule has 1 aliphatic heterocycles. The van der Waals surface area contributed by atoms with Crippen molar-refractivity contribution < 1.29 is 18.0 Å². The minimum absolute atomic E-state index is 0.150. The summed E-state index contributed by atoms with van der Waals surface area (Å²) in [4.78, 5) is 12.4. The van der Waals surface area contributed by atoms with Crippen LogP contribution in [0.4, 0.5) is 18.9 Å². The maximum Gasteiger partial charge on any atom is 0.401 e. The van der Waals surface area contributed by atoms with Crippen molar-refractivity contribution in [3.05, 3.63) is 28.2 Å². The molecular formula is C16H19Cl2F3N2O. The summed E-state index contributed by atoms with van der Waals surface area (Å²) < 4.78 is 39.5. The Kier molecular flexibility index (Phi) is 6.39. The smallest absolute Gasteiger partial charge is 0.272 e. The lowest BCUT2D eigenvalue weighted by molar-refractivity contribution is -0.175. The molecule has 0 radical (unpaired) electrons. The van der Waals surface area contributed by atoms with Crippen molar-refractivity contribution in [3.8, 4) is 0 Å². The molecule has 0 aliphatic carbocycles. The predicted molar refractivity (Wildman–Crippen MR) is 89.2 cm³/mol. The summed E-state index contributed by atoms with van der Waals surface area (Å²) in [6, 6.07) is 4.40. The molecule has 0 bridgehead atoms. The van der Waals surface area contributed by atoms with E-state index in [4.69, 9.17) is 23.2 Å². The standard InChI is InChI=1S/C16H19Cl2F3N2O/c1-2-3-4-5-8-22-10-12(16(19,20)21)15(24)23(22)14-7-6-11(17)9-13(14)18/h6-7,9,12H,2-5,8,10H2,1H3. The Bertz CT molecular complexity index is 595. The lowest BCUT2D eigenvalue weighted by atomic mass is 10.1. The molecule has 1 fully saturated rings. The number of rotatable bonds is 6. The fourth-order valence-electron chi connectivity index (χ4n) is 2.74. The van der Waals surface area contributed by atoms with Crippen LogP contribution in [-0.2, 0) is 4.79 Å². The Morgan fingerprint density at radius 1 is 1.21 bits per heavy atom. The van der Waals surface area contributed by atoms with Gasteiger partial charge in [-0.3, -0.25) is 4.79 Å². The maximum absolute atomic E-state index is 13.2. The molecule has 3 nitrogen and oxygen atoms in total. The summed E-state index contributed by atoms with van der Waals surface area (Å²) >= 11 is 11.9. The molecule has 0 aromatic heterocycles. The van der Waals surface area contributed by atoms with Gasteiger partial charge in [0.15, 0.2) is 0 Å². The van der Waals surface area contributed by atoms with E-state index < -0.39 is 18.0 Å². The van der Waals surface area contributed by atoms with E-state index in [1.807, 2.05) is 0 Å². The van der Waals surface area contributed by atoms with Crippen LogP contribution in [0.25, 0.3) is 0 Å². The van der Waals surface area contributed by atoms with E-state index in [2.05, 4.69) is 6.92 Å². The van der Waals surface area contributed by atoms with Crippen molar-refractivity contribution in [2.45, 2.75) is 38.8 Å². The van der Waals surface area contributed by atoms with E-state index in [-0.39, 0.29) is 17.3 Å². The molecule has 1 amide bonds. The molecule has 1 aliphatic rings. The van der Waals surface area contributed by atoms with Crippen LogP contribution in [0.15, 0.2) is 18.2 Å². The largest absolute Gasteiger partial charge is 0.401 e. The first kappa shape index (κ1) is 19.3. The first-order valence-electron chi connectivity index (χ1n) is 7.86. The molecule has 1 atom stereocenters. The average molecular weight is 383 g/mol. The summed E-state index contributed by atoms with van der Waals surface area (Å²) in [5, 5.41) is 3.00. The highest BCUT2D eigenvalue weighted by molar-refractivity contribution is 6.36. The number of hydrazine groups is 1. The molecule has 1 heterocycles. The lowest BCUT2D eigenvalue weighted by Gasteiger charge is -2.28. The number of carbonyl (C=O) groups is 1. The number of anilines is 1. The number of amides is 1. The zero-order chi connectivity index (χ0) is 17.9. The topological polar surface area (TPSA) is 23.6 Å². The second-order valence-corrected chi connectivity index (χ2v) is 6.66. The van der Waals surface area contributed by atoms with Crippen LogP contribution in [0, 0.1) is 5.92 Å². The maximum atomic E-state index is 13.2. The lowest BCUT2D eigenvalue weighted by Crippen LogP contribution is -2.40. The van der Waals surface area contributed by atoms with Gasteiger partial charge in [-0.25, -0.2) is 10.0 Å². The number of alkyl halides is 3. The first-order valence-corrected chi connectivity index (χ1v) is 8.62. The molecule has 0 spiro atoms. The van der Waals surface area contributed by atoms with Gasteiger partial charge in [-0.05, 0) is 24.6 Å². The fraction of sp³-hybridized carbons (Fsp3) is 0.562. The third-order valence-electron chi connectivity index (χ3n) is 3.99. The minimum atomic E-state index is -4.58. The third kappa shape index (κ3) is 4.35. The van der Waals surface area contributed by atoms with E-state index in [0.29, 0.717) is 18.0 Å². The summed E-state index contributed by atoms with van der Waals surface area (Å²) in [5.41, 5.74) is 0.230. The predicted octanol–water partition coefficient (Wildman–Crippen LogP) is 5.32. The molecule has 2 rings (SSSR count). The highest BCUT2D eigenvalue weighted by Gasteiger charge is 2.53. The number of nitrogens with zero attached hydrogens (tertiary/aromatic N) is 2. The van der Waals surface area contributed by atoms with E-state index in [1.54, 1.807) is 0 Å². The van der Waals surface area contributed by atoms with E-state index in [0.717, 1.165) is 24.3 Å². The molecule has 1 unspecified atom stereocenters. The van der Waals surface area contributed by atoms with Gasteiger partial charge in [-0.2, -0.15) is 13.2 Å². The zero-order valence-electron chi connectivity index (χ0n) is 13.2. The molecule has 1 aromatic carbocycles. The van der Waals surface area contributed by atoms with Crippen LogP contribution in [-0.4, -0.2) is 30.2 Å². The van der Waals surface area contributed by atoms with Gasteiger partial charge < -0.3 is 0 Å². The minimum Gasteiger partial charge on any atom is -0.272 e. The highest BCUT2D eigenvalue weighted by atomic mass is 35.5. The summed E-state index contributed by atoms with van der Waals surface area (Å²) in [6.45, 7) is 2.05. The number of carbonyl (C=O) groups excluding carboxylic acids is 1. The molecule has 134 valence electrons. The molecule has 8 heteroatoms. The van der Waals surface area contributed by atoms with Crippen LogP contribution in [0.3, 0.4) is 0 Å². The Balaban J connectivity index is 2.26. The van der Waals surface area contributed by atoms with E-state index in [9.17, 15) is 18.0 Å². The quantitative estimate of drug-likeness (QED) is 0.621. The van der Waals surface area contributed by atoms with Crippen molar-refractivity contribution in [1.29, 1.82) is 0 Å². The van der Waals surface area contributed by atoms with Crippen LogP contribution < -0.4 is 5.01 Å². The third-order valence-corrected chi connectivity index (χ3v) is 4.52. The molecule has 0 N–H and O–H groups in total. The summed E-state index contributed by atoms with van der Waals surface area (Å²) in [7, 11) is 0. The second-order valence-electron chi connectivity index (χ2n) is 5.81. The van der Waals surface area contributed by atoms with Crippen LogP contribution in [0.2, 0.25) is 10.0 Å². The first-order chi connectivity index (χ1) is 11.3. The van der Waals surface area contributed by atoms with Gasteiger partial charge in [-0.15, -0.1) is 0 Å². The monoisotopic (exact) mass is 382 g/mol. The number of benzene rings is 1. The molecule has 24 heavy (non-hydrogen) atoms. The Morgan fingerprint density at radius 2 is 1.92 bits per heavy atom. The molecular weight excluding hydrogens is 364 g/mol.